The summed E-state index contributed by atoms with van der Waals surface area (Å²) >= 11 is 0. The molecule has 5 aromatic carbocycles. The van der Waals surface area contributed by atoms with Crippen molar-refractivity contribution in [3.63, 3.8) is 0 Å². The number of nitrogens with one attached hydrogen (secondary N) is 1. The number of fused-ring (bicyclic) bond motifs is 2. The predicted molar refractivity (Wildman–Crippen MR) is 165 cm³/mol. The van der Waals surface area contributed by atoms with Crippen LogP contribution in [0.2, 0.25) is 0 Å². The van der Waals surface area contributed by atoms with Crippen LogP contribution in [0.4, 0.5) is 17.1 Å². The molecule has 1 amide bonds. The van der Waals surface area contributed by atoms with Gasteiger partial charge in [-0.3, -0.25) is 4.79 Å². The molecule has 0 unspecified atom stereocenters. The van der Waals surface area contributed by atoms with E-state index >= 15 is 0 Å². The van der Waals surface area contributed by atoms with E-state index in [2.05, 4.69) is 15.5 Å². The molecule has 0 aliphatic rings. The molecule has 0 heterocycles. The van der Waals surface area contributed by atoms with E-state index in [1.165, 1.54) is 6.92 Å². The van der Waals surface area contributed by atoms with Gasteiger partial charge in [0, 0.05) is 23.1 Å². The van der Waals surface area contributed by atoms with E-state index in [1.54, 1.807) is 43.3 Å². The van der Waals surface area contributed by atoms with Crippen molar-refractivity contribution in [1.82, 2.24) is 0 Å². The summed E-state index contributed by atoms with van der Waals surface area (Å²) < 4.78 is 46.7. The van der Waals surface area contributed by atoms with Crippen molar-refractivity contribution < 1.29 is 67.0 Å². The number of anilines is 1. The van der Waals surface area contributed by atoms with Crippen LogP contribution in [-0.4, -0.2) is 42.3 Å². The van der Waals surface area contributed by atoms with E-state index in [-0.39, 0.29) is 76.4 Å². The summed E-state index contributed by atoms with van der Waals surface area (Å²) in [7, 11) is -4.82. The van der Waals surface area contributed by atoms with Crippen LogP contribution in [0.25, 0.3) is 21.5 Å². The van der Waals surface area contributed by atoms with Crippen LogP contribution in [0, 0.1) is 13.8 Å². The number of phenolic OH excluding ortho intramolecular Hbond substituents is 2. The van der Waals surface area contributed by atoms with Crippen LogP contribution < -0.4 is 44.3 Å². The van der Waals surface area contributed by atoms with Crippen molar-refractivity contribution in [2.24, 2.45) is 10.2 Å². The molecule has 226 valence electrons. The number of benzene rings is 5. The van der Waals surface area contributed by atoms with Gasteiger partial charge in [-0.1, -0.05) is 24.3 Å². The van der Waals surface area contributed by atoms with Crippen molar-refractivity contribution in [3.05, 3.63) is 83.9 Å². The molecule has 0 fully saturated rings. The third-order valence-corrected chi connectivity index (χ3v) is 7.64. The first kappa shape index (κ1) is 33.7. The van der Waals surface area contributed by atoms with E-state index < -0.39 is 20.9 Å². The number of carbonyl (C=O) groups excluding carboxylic acids is 1. The third kappa shape index (κ3) is 7.55. The van der Waals surface area contributed by atoms with Crippen LogP contribution in [-0.2, 0) is 14.9 Å². The van der Waals surface area contributed by atoms with Gasteiger partial charge in [0.15, 0.2) is 5.75 Å². The summed E-state index contributed by atoms with van der Waals surface area (Å²) in [5.74, 6) is 0.608. The van der Waals surface area contributed by atoms with Crippen LogP contribution in [0.1, 0.15) is 18.1 Å². The molecule has 13 heteroatoms. The summed E-state index contributed by atoms with van der Waals surface area (Å²) in [6, 6.07) is 19.7. The summed E-state index contributed by atoms with van der Waals surface area (Å²) in [5.41, 5.74) is 1.71. The van der Waals surface area contributed by atoms with E-state index in [0.29, 0.717) is 28.3 Å². The molecule has 0 spiro atoms. The maximum Gasteiger partial charge on any atom is 1.00 e. The number of aryl methyl sites for hydroxylation is 2. The number of azo groups is 1. The number of aromatic hydroxyl groups is 2. The second-order valence-corrected chi connectivity index (χ2v) is 11.5. The quantitative estimate of drug-likeness (QED) is 0.0950. The van der Waals surface area contributed by atoms with Crippen LogP contribution in [0.15, 0.2) is 87.9 Å². The molecule has 0 saturated carbocycles. The minimum atomic E-state index is -4.82. The van der Waals surface area contributed by atoms with Crippen molar-refractivity contribution in [2.45, 2.75) is 25.7 Å². The molecule has 0 aliphatic carbocycles. The topological polar surface area (TPSA) is 170 Å². The minimum absolute atomic E-state index is 0. The Morgan fingerprint density at radius 1 is 0.867 bits per heavy atom. The van der Waals surface area contributed by atoms with Gasteiger partial charge in [0.25, 0.3) is 0 Å². The summed E-state index contributed by atoms with van der Waals surface area (Å²) in [6.07, 6.45) is 0. The Kier molecular flexibility index (Phi) is 10.4. The molecule has 0 bridgehead atoms. The van der Waals surface area contributed by atoms with Crippen molar-refractivity contribution in [3.8, 4) is 23.0 Å². The molecule has 5 rings (SSSR count). The first-order valence-electron chi connectivity index (χ1n) is 13.4. The molecular formula is C32H28N3NaO8S. The maximum atomic E-state index is 11.8. The van der Waals surface area contributed by atoms with Gasteiger partial charge in [-0.2, -0.15) is 5.11 Å². The molecule has 0 radical (unpaired) electrons. The molecule has 11 nitrogen and oxygen atoms in total. The van der Waals surface area contributed by atoms with E-state index in [4.69, 9.17) is 9.47 Å². The Balaban J connectivity index is 0.00000461. The van der Waals surface area contributed by atoms with Gasteiger partial charge < -0.3 is 29.6 Å². The number of hydrogen-bond donors (Lipinski definition) is 3. The molecule has 45 heavy (non-hydrogen) atoms. The average molecular weight is 638 g/mol. The molecular weight excluding hydrogens is 609 g/mol. The number of phenols is 2. The van der Waals surface area contributed by atoms with Gasteiger partial charge in [0.1, 0.15) is 46.3 Å². The van der Waals surface area contributed by atoms with Gasteiger partial charge in [-0.15, -0.1) is 5.11 Å². The zero-order valence-corrected chi connectivity index (χ0v) is 27.8. The minimum Gasteiger partial charge on any atom is -0.744 e. The SMILES string of the molecule is CC(=O)Nc1cc(S(=O)(=O)[O-])cc2cc(C)c(N=Nc3ccc(OCCOc4cc(C)c(O)c5ccccc45)cc3)c(O)c12.[Na+]. The fourth-order valence-electron chi connectivity index (χ4n) is 4.79. The fourth-order valence-corrected chi connectivity index (χ4v) is 5.32. The fraction of sp³-hybridized carbons (Fsp3) is 0.156. The molecule has 0 aromatic heterocycles. The Morgan fingerprint density at radius 2 is 1.53 bits per heavy atom. The average Bonchev–Trinajstić information content (AvgIpc) is 2.97. The molecule has 3 N–H and O–H groups in total. The van der Waals surface area contributed by atoms with Crippen LogP contribution in [0.5, 0.6) is 23.0 Å². The standard InChI is InChI=1S/C32H29N3O8S.Na/c1-18-14-21-16-24(44(39,40)41)17-27(33-20(3)36)29(21)32(38)30(18)35-34-22-8-10-23(11-9-22)42-12-13-43-28-15-19(2)31(37)26-7-5-4-6-25(26)28;/h4-11,14-17,37-38H,12-13H2,1-3H3,(H,33,36)(H,39,40,41);/q;+1/p-1. The van der Waals surface area contributed by atoms with Crippen LogP contribution >= 0.6 is 0 Å². The van der Waals surface area contributed by atoms with Gasteiger partial charge in [-0.25, -0.2) is 8.42 Å². The van der Waals surface area contributed by atoms with E-state index in [0.717, 1.165) is 22.9 Å². The predicted octanol–water partition coefficient (Wildman–Crippen LogP) is 3.76. The Morgan fingerprint density at radius 3 is 2.20 bits per heavy atom. The number of ether oxygens (including phenoxy) is 2. The van der Waals surface area contributed by atoms with Gasteiger partial charge in [0.05, 0.1) is 16.3 Å². The summed E-state index contributed by atoms with van der Waals surface area (Å²) in [6.45, 7) is 5.22. The number of hydrogen-bond acceptors (Lipinski definition) is 10. The summed E-state index contributed by atoms with van der Waals surface area (Å²) in [4.78, 5) is 11.2. The van der Waals surface area contributed by atoms with Crippen molar-refractivity contribution in [2.75, 3.05) is 18.5 Å². The van der Waals surface area contributed by atoms with Gasteiger partial charge >= 0.3 is 29.6 Å². The smallest absolute Gasteiger partial charge is 0.744 e. The first-order valence-corrected chi connectivity index (χ1v) is 14.9. The monoisotopic (exact) mass is 637 g/mol. The Hall–Kier alpha value is -4.20. The van der Waals surface area contributed by atoms with E-state index in [9.17, 15) is 28.0 Å². The van der Waals surface area contributed by atoms with Crippen molar-refractivity contribution in [1.29, 1.82) is 0 Å². The van der Waals surface area contributed by atoms with Crippen molar-refractivity contribution >= 4 is 54.6 Å². The van der Waals surface area contributed by atoms with Crippen LogP contribution in [0.3, 0.4) is 0 Å². The zero-order chi connectivity index (χ0) is 31.6. The van der Waals surface area contributed by atoms with Gasteiger partial charge in [-0.05, 0) is 78.9 Å². The number of amides is 1. The second kappa shape index (κ2) is 13.8. The maximum absolute atomic E-state index is 11.8. The second-order valence-electron chi connectivity index (χ2n) is 10.1. The van der Waals surface area contributed by atoms with E-state index in [1.807, 2.05) is 31.2 Å². The molecule has 0 saturated heterocycles. The molecule has 0 atom stereocenters. The number of carbonyl (C=O) groups is 1. The summed E-state index contributed by atoms with van der Waals surface area (Å²) in [5, 5.41) is 34.1. The Bertz CT molecular complexity index is 2050. The number of rotatable bonds is 9. The molecule has 0 aliphatic heterocycles. The third-order valence-electron chi connectivity index (χ3n) is 6.83. The normalized spacial score (nSPS) is 11.5. The zero-order valence-electron chi connectivity index (χ0n) is 25.0. The Labute approximate surface area is 281 Å². The largest absolute Gasteiger partial charge is 1.00 e. The number of nitrogens with zero attached hydrogens (tertiary/aromatic N) is 2. The first-order chi connectivity index (χ1) is 20.9. The van der Waals surface area contributed by atoms with Gasteiger partial charge in [0.2, 0.25) is 5.91 Å². The molecule has 5 aromatic rings.